The largest absolute Gasteiger partial charge is 0.232 e. The standard InChI is InChI=1S/C13H26O2/c1-10-8-7-9-13(5,6)11(10)14-15-12(2,3)4/h10-11H,7-9H2,1-6H3. The summed E-state index contributed by atoms with van der Waals surface area (Å²) in [6, 6.07) is 0. The normalized spacial score (nSPS) is 31.6. The van der Waals surface area contributed by atoms with Gasteiger partial charge in [-0.2, -0.15) is 0 Å². The summed E-state index contributed by atoms with van der Waals surface area (Å²) < 4.78 is 0. The van der Waals surface area contributed by atoms with Crippen LogP contribution in [0, 0.1) is 11.3 Å². The fraction of sp³-hybridized carbons (Fsp3) is 1.00. The molecular weight excluding hydrogens is 188 g/mol. The molecule has 1 aliphatic rings. The highest BCUT2D eigenvalue weighted by Gasteiger charge is 2.39. The van der Waals surface area contributed by atoms with Crippen molar-refractivity contribution in [2.75, 3.05) is 0 Å². The van der Waals surface area contributed by atoms with E-state index in [4.69, 9.17) is 9.78 Å². The molecule has 2 unspecified atom stereocenters. The van der Waals surface area contributed by atoms with Gasteiger partial charge in [0.1, 0.15) is 6.10 Å². The molecule has 0 radical (unpaired) electrons. The first-order valence-corrected chi connectivity index (χ1v) is 6.07. The van der Waals surface area contributed by atoms with Crippen molar-refractivity contribution in [2.45, 2.75) is 72.5 Å². The van der Waals surface area contributed by atoms with Crippen molar-refractivity contribution in [1.29, 1.82) is 0 Å². The van der Waals surface area contributed by atoms with Crippen LogP contribution in [0.5, 0.6) is 0 Å². The number of hydrogen-bond donors (Lipinski definition) is 0. The van der Waals surface area contributed by atoms with Gasteiger partial charge in [-0.1, -0.05) is 27.2 Å². The quantitative estimate of drug-likeness (QED) is 0.512. The summed E-state index contributed by atoms with van der Waals surface area (Å²) in [4.78, 5) is 11.1. The van der Waals surface area contributed by atoms with Crippen LogP contribution in [0.3, 0.4) is 0 Å². The summed E-state index contributed by atoms with van der Waals surface area (Å²) in [6.45, 7) is 12.9. The molecule has 0 aliphatic heterocycles. The van der Waals surface area contributed by atoms with Gasteiger partial charge >= 0.3 is 0 Å². The van der Waals surface area contributed by atoms with E-state index in [2.05, 4.69) is 20.8 Å². The third kappa shape index (κ3) is 3.76. The predicted molar refractivity (Wildman–Crippen MR) is 62.5 cm³/mol. The van der Waals surface area contributed by atoms with Gasteiger partial charge in [0.15, 0.2) is 0 Å². The lowest BCUT2D eigenvalue weighted by Crippen LogP contribution is -2.42. The molecule has 0 aromatic carbocycles. The Morgan fingerprint density at radius 3 is 2.27 bits per heavy atom. The summed E-state index contributed by atoms with van der Waals surface area (Å²) in [5.74, 6) is 0.594. The zero-order valence-electron chi connectivity index (χ0n) is 11.1. The molecule has 2 heteroatoms. The van der Waals surface area contributed by atoms with E-state index >= 15 is 0 Å². The lowest BCUT2D eigenvalue weighted by Gasteiger charge is -2.42. The van der Waals surface area contributed by atoms with E-state index in [1.807, 2.05) is 20.8 Å². The Bertz CT molecular complexity index is 203. The van der Waals surface area contributed by atoms with E-state index in [0.717, 1.165) is 0 Å². The van der Waals surface area contributed by atoms with E-state index in [0.29, 0.717) is 5.92 Å². The van der Waals surface area contributed by atoms with E-state index in [1.54, 1.807) is 0 Å². The maximum Gasteiger partial charge on any atom is 0.101 e. The molecular formula is C13H26O2. The Hall–Kier alpha value is -0.0800. The highest BCUT2D eigenvalue weighted by atomic mass is 17.2. The summed E-state index contributed by atoms with van der Waals surface area (Å²) in [5.41, 5.74) is 0.0240. The smallest absolute Gasteiger partial charge is 0.101 e. The Labute approximate surface area is 94.3 Å². The van der Waals surface area contributed by atoms with Gasteiger partial charge in [-0.05, 0) is 44.9 Å². The molecule has 1 saturated carbocycles. The molecule has 0 spiro atoms. The Morgan fingerprint density at radius 1 is 1.20 bits per heavy atom. The van der Waals surface area contributed by atoms with Gasteiger partial charge in [0.05, 0.1) is 5.60 Å². The Kier molecular flexibility index (Phi) is 3.83. The van der Waals surface area contributed by atoms with Crippen LogP contribution in [0.25, 0.3) is 0 Å². The lowest BCUT2D eigenvalue weighted by atomic mass is 9.70. The molecule has 0 saturated heterocycles. The number of rotatable bonds is 2. The molecule has 0 aromatic heterocycles. The van der Waals surface area contributed by atoms with E-state index < -0.39 is 0 Å². The van der Waals surface area contributed by atoms with E-state index in [-0.39, 0.29) is 17.1 Å². The summed E-state index contributed by atoms with van der Waals surface area (Å²) in [7, 11) is 0. The highest BCUT2D eigenvalue weighted by molar-refractivity contribution is 4.86. The molecule has 0 aromatic rings. The summed E-state index contributed by atoms with van der Waals surface area (Å²) in [6.07, 6.45) is 4.02. The minimum absolute atomic E-state index is 0.215. The van der Waals surface area contributed by atoms with Crippen LogP contribution in [0.15, 0.2) is 0 Å². The fourth-order valence-electron chi connectivity index (χ4n) is 2.36. The third-order valence-electron chi connectivity index (χ3n) is 3.17. The second-order valence-corrected chi connectivity index (χ2v) is 6.57. The third-order valence-corrected chi connectivity index (χ3v) is 3.17. The maximum atomic E-state index is 5.67. The molecule has 0 heterocycles. The molecule has 0 amide bonds. The lowest BCUT2D eigenvalue weighted by molar-refractivity contribution is -0.397. The van der Waals surface area contributed by atoms with Crippen molar-refractivity contribution >= 4 is 0 Å². The molecule has 1 rings (SSSR count). The molecule has 90 valence electrons. The topological polar surface area (TPSA) is 18.5 Å². The van der Waals surface area contributed by atoms with Gasteiger partial charge in [-0.25, -0.2) is 9.78 Å². The minimum atomic E-state index is -0.215. The SMILES string of the molecule is CC1CCCC(C)(C)C1OOC(C)(C)C. The zero-order chi connectivity index (χ0) is 11.7. The molecule has 2 nitrogen and oxygen atoms in total. The number of hydrogen-bond acceptors (Lipinski definition) is 2. The van der Waals surface area contributed by atoms with Gasteiger partial charge in [-0.3, -0.25) is 0 Å². The van der Waals surface area contributed by atoms with Crippen LogP contribution in [0.2, 0.25) is 0 Å². The minimum Gasteiger partial charge on any atom is -0.232 e. The first-order chi connectivity index (χ1) is 6.72. The van der Waals surface area contributed by atoms with Crippen LogP contribution < -0.4 is 0 Å². The van der Waals surface area contributed by atoms with Crippen molar-refractivity contribution in [3.05, 3.63) is 0 Å². The average molecular weight is 214 g/mol. The monoisotopic (exact) mass is 214 g/mol. The van der Waals surface area contributed by atoms with E-state index in [1.165, 1.54) is 19.3 Å². The van der Waals surface area contributed by atoms with Crippen LogP contribution in [0.4, 0.5) is 0 Å². The van der Waals surface area contributed by atoms with Crippen LogP contribution in [-0.2, 0) is 9.78 Å². The molecule has 2 atom stereocenters. The first-order valence-electron chi connectivity index (χ1n) is 6.07. The van der Waals surface area contributed by atoms with Gasteiger partial charge < -0.3 is 0 Å². The van der Waals surface area contributed by atoms with Crippen molar-refractivity contribution in [1.82, 2.24) is 0 Å². The maximum absolute atomic E-state index is 5.67. The second-order valence-electron chi connectivity index (χ2n) is 6.57. The zero-order valence-corrected chi connectivity index (χ0v) is 11.1. The van der Waals surface area contributed by atoms with Crippen molar-refractivity contribution in [3.8, 4) is 0 Å². The van der Waals surface area contributed by atoms with Gasteiger partial charge in [-0.15, -0.1) is 0 Å². The Morgan fingerprint density at radius 2 is 1.80 bits per heavy atom. The summed E-state index contributed by atoms with van der Waals surface area (Å²) in [5, 5.41) is 0. The van der Waals surface area contributed by atoms with E-state index in [9.17, 15) is 0 Å². The van der Waals surface area contributed by atoms with Crippen LogP contribution in [-0.4, -0.2) is 11.7 Å². The van der Waals surface area contributed by atoms with Gasteiger partial charge in [0.2, 0.25) is 0 Å². The molecule has 15 heavy (non-hydrogen) atoms. The Balaban J connectivity index is 2.56. The van der Waals surface area contributed by atoms with Crippen molar-refractivity contribution in [3.63, 3.8) is 0 Å². The van der Waals surface area contributed by atoms with Crippen molar-refractivity contribution in [2.24, 2.45) is 11.3 Å². The average Bonchev–Trinajstić information content (AvgIpc) is 1.99. The molecule has 0 N–H and O–H groups in total. The predicted octanol–water partition coefficient (Wildman–Crippen LogP) is 3.95. The molecule has 0 bridgehead atoms. The second kappa shape index (κ2) is 4.42. The first kappa shape index (κ1) is 13.0. The summed E-state index contributed by atoms with van der Waals surface area (Å²) >= 11 is 0. The van der Waals surface area contributed by atoms with Crippen LogP contribution in [0.1, 0.15) is 60.8 Å². The molecule has 1 aliphatic carbocycles. The highest BCUT2D eigenvalue weighted by Crippen LogP contribution is 2.41. The molecule has 1 fully saturated rings. The van der Waals surface area contributed by atoms with Crippen molar-refractivity contribution < 1.29 is 9.78 Å². The van der Waals surface area contributed by atoms with Crippen LogP contribution >= 0.6 is 0 Å². The fourth-order valence-corrected chi connectivity index (χ4v) is 2.36. The van der Waals surface area contributed by atoms with Gasteiger partial charge in [0, 0.05) is 0 Å². The van der Waals surface area contributed by atoms with Gasteiger partial charge in [0.25, 0.3) is 0 Å².